The highest BCUT2D eigenvalue weighted by atomic mass is 16.2. The lowest BCUT2D eigenvalue weighted by atomic mass is 10.1. The Hall–Kier alpha value is -3.75. The lowest BCUT2D eigenvalue weighted by molar-refractivity contribution is -0.132. The molecule has 1 aliphatic carbocycles. The van der Waals surface area contributed by atoms with Crippen molar-refractivity contribution in [1.82, 2.24) is 29.5 Å². The maximum absolute atomic E-state index is 12.3. The average molecular weight is 431 g/mol. The molecule has 0 aromatic carbocycles. The number of anilines is 2. The molecule has 4 aromatic heterocycles. The van der Waals surface area contributed by atoms with E-state index in [1.54, 1.807) is 11.1 Å². The summed E-state index contributed by atoms with van der Waals surface area (Å²) in [5.74, 6) is 1.51. The second kappa shape index (κ2) is 8.07. The third kappa shape index (κ3) is 3.59. The molecule has 0 bridgehead atoms. The predicted molar refractivity (Wildman–Crippen MR) is 125 cm³/mol. The number of carbonyl (C=O) groups is 1. The molecular formula is C23H26N8O. The lowest BCUT2D eigenvalue weighted by Crippen LogP contribution is -2.29. The van der Waals surface area contributed by atoms with Gasteiger partial charge >= 0.3 is 0 Å². The highest BCUT2D eigenvalue weighted by molar-refractivity contribution is 5.89. The highest BCUT2D eigenvalue weighted by Crippen LogP contribution is 2.32. The minimum absolute atomic E-state index is 0.0571. The van der Waals surface area contributed by atoms with Gasteiger partial charge < -0.3 is 15.5 Å². The summed E-state index contributed by atoms with van der Waals surface area (Å²) in [6, 6.07) is 9.96. The molecule has 4 heterocycles. The summed E-state index contributed by atoms with van der Waals surface area (Å²) in [4.78, 5) is 27.8. The Morgan fingerprint density at radius 2 is 2.00 bits per heavy atom. The molecule has 1 unspecified atom stereocenters. The number of carbonyl (C=O) groups excluding carboxylic acids is 1. The SMILES string of the molecule is CNc1nc(N[C@H]2CCC(C(=O)N(C)C)C2)nn2ccc(-c3ccc4ncccc4n3)c12. The van der Waals surface area contributed by atoms with Crippen LogP contribution in [0.3, 0.4) is 0 Å². The fraction of sp³-hybridized carbons (Fsp3) is 0.348. The second-order valence-corrected chi connectivity index (χ2v) is 8.38. The van der Waals surface area contributed by atoms with Gasteiger partial charge in [-0.25, -0.2) is 9.50 Å². The van der Waals surface area contributed by atoms with Gasteiger partial charge in [0.25, 0.3) is 0 Å². The van der Waals surface area contributed by atoms with Crippen LogP contribution in [0.5, 0.6) is 0 Å². The summed E-state index contributed by atoms with van der Waals surface area (Å²) in [6.07, 6.45) is 6.28. The number of hydrogen-bond acceptors (Lipinski definition) is 7. The van der Waals surface area contributed by atoms with E-state index in [2.05, 4.69) is 20.7 Å². The van der Waals surface area contributed by atoms with E-state index < -0.39 is 0 Å². The Bertz CT molecular complexity index is 1300. The van der Waals surface area contributed by atoms with Gasteiger partial charge in [-0.1, -0.05) is 0 Å². The van der Waals surface area contributed by atoms with E-state index in [1.807, 2.05) is 62.2 Å². The molecule has 1 amide bonds. The first-order valence-corrected chi connectivity index (χ1v) is 10.8. The minimum atomic E-state index is 0.0571. The summed E-state index contributed by atoms with van der Waals surface area (Å²) >= 11 is 0. The summed E-state index contributed by atoms with van der Waals surface area (Å²) in [5.41, 5.74) is 4.36. The van der Waals surface area contributed by atoms with Crippen LogP contribution in [0.4, 0.5) is 11.8 Å². The van der Waals surface area contributed by atoms with Crippen molar-refractivity contribution in [3.63, 3.8) is 0 Å². The van der Waals surface area contributed by atoms with Crippen LogP contribution in [0.1, 0.15) is 19.3 Å². The number of nitrogens with zero attached hydrogens (tertiary/aromatic N) is 6. The first kappa shape index (κ1) is 20.2. The van der Waals surface area contributed by atoms with E-state index in [-0.39, 0.29) is 17.9 Å². The van der Waals surface area contributed by atoms with Crippen LogP contribution in [-0.2, 0) is 4.79 Å². The Morgan fingerprint density at radius 1 is 1.12 bits per heavy atom. The third-order valence-electron chi connectivity index (χ3n) is 6.04. The topological polar surface area (TPSA) is 100 Å². The fourth-order valence-electron chi connectivity index (χ4n) is 4.46. The van der Waals surface area contributed by atoms with Crippen molar-refractivity contribution in [3.05, 3.63) is 42.7 Å². The standard InChI is InChI=1S/C23H26N8O/c1-24-21-20-16(17-8-9-18-19(27-17)5-4-11-25-18)10-12-31(20)29-23(28-21)26-15-7-6-14(13-15)22(32)30(2)3/h4-5,8-12,14-15H,6-7,13H2,1-3H3,(H2,24,26,28,29)/t14?,15-/m0/s1. The number of nitrogens with one attached hydrogen (secondary N) is 2. The first-order valence-electron chi connectivity index (χ1n) is 10.8. The average Bonchev–Trinajstić information content (AvgIpc) is 3.45. The molecule has 9 nitrogen and oxygen atoms in total. The number of fused-ring (bicyclic) bond motifs is 2. The van der Waals surface area contributed by atoms with Gasteiger partial charge in [0.05, 0.1) is 16.7 Å². The maximum Gasteiger partial charge on any atom is 0.243 e. The molecule has 0 saturated heterocycles. The van der Waals surface area contributed by atoms with Gasteiger partial charge in [-0.3, -0.25) is 9.78 Å². The van der Waals surface area contributed by atoms with Crippen LogP contribution in [0.2, 0.25) is 0 Å². The summed E-state index contributed by atoms with van der Waals surface area (Å²) in [5, 5.41) is 11.3. The lowest BCUT2D eigenvalue weighted by Gasteiger charge is -2.17. The molecule has 0 radical (unpaired) electrons. The molecule has 32 heavy (non-hydrogen) atoms. The zero-order chi connectivity index (χ0) is 22.2. The molecule has 9 heteroatoms. The van der Waals surface area contributed by atoms with E-state index in [1.165, 1.54) is 0 Å². The number of rotatable bonds is 5. The molecular weight excluding hydrogens is 404 g/mol. The second-order valence-electron chi connectivity index (χ2n) is 8.38. The fourth-order valence-corrected chi connectivity index (χ4v) is 4.46. The molecule has 5 rings (SSSR count). The Morgan fingerprint density at radius 3 is 2.81 bits per heavy atom. The van der Waals surface area contributed by atoms with Crippen molar-refractivity contribution in [2.45, 2.75) is 25.3 Å². The van der Waals surface area contributed by atoms with E-state index in [0.717, 1.165) is 52.9 Å². The van der Waals surface area contributed by atoms with Crippen molar-refractivity contribution in [3.8, 4) is 11.3 Å². The molecule has 4 aromatic rings. The molecule has 1 fully saturated rings. The zero-order valence-corrected chi connectivity index (χ0v) is 18.4. The Balaban J connectivity index is 1.45. The number of aromatic nitrogens is 5. The van der Waals surface area contributed by atoms with Crippen molar-refractivity contribution in [2.24, 2.45) is 5.92 Å². The van der Waals surface area contributed by atoms with Crippen molar-refractivity contribution in [1.29, 1.82) is 0 Å². The molecule has 1 saturated carbocycles. The van der Waals surface area contributed by atoms with Gasteiger partial charge in [-0.05, 0) is 49.6 Å². The van der Waals surface area contributed by atoms with Crippen LogP contribution in [0.25, 0.3) is 27.8 Å². The van der Waals surface area contributed by atoms with E-state index in [4.69, 9.17) is 9.97 Å². The Labute approximate surface area is 185 Å². The van der Waals surface area contributed by atoms with Gasteiger partial charge in [0, 0.05) is 51.1 Å². The molecule has 2 atom stereocenters. The summed E-state index contributed by atoms with van der Waals surface area (Å²) in [6.45, 7) is 0. The quantitative estimate of drug-likeness (QED) is 0.502. The van der Waals surface area contributed by atoms with Crippen molar-refractivity contribution >= 4 is 34.2 Å². The van der Waals surface area contributed by atoms with Gasteiger partial charge in [0.15, 0.2) is 5.82 Å². The van der Waals surface area contributed by atoms with Crippen LogP contribution in [-0.4, -0.2) is 62.6 Å². The van der Waals surface area contributed by atoms with Crippen molar-refractivity contribution < 1.29 is 4.79 Å². The monoisotopic (exact) mass is 430 g/mol. The van der Waals surface area contributed by atoms with E-state index >= 15 is 0 Å². The molecule has 164 valence electrons. The Kier molecular flexibility index (Phi) is 5.08. The maximum atomic E-state index is 12.3. The minimum Gasteiger partial charge on any atom is -0.371 e. The largest absolute Gasteiger partial charge is 0.371 e. The molecule has 0 spiro atoms. The molecule has 0 aliphatic heterocycles. The number of pyridine rings is 2. The van der Waals surface area contributed by atoms with Gasteiger partial charge in [0.2, 0.25) is 11.9 Å². The van der Waals surface area contributed by atoms with Crippen LogP contribution >= 0.6 is 0 Å². The van der Waals surface area contributed by atoms with Crippen LogP contribution in [0.15, 0.2) is 42.7 Å². The molecule has 2 N–H and O–H groups in total. The zero-order valence-electron chi connectivity index (χ0n) is 18.4. The predicted octanol–water partition coefficient (Wildman–Crippen LogP) is 3.05. The van der Waals surface area contributed by atoms with E-state index in [0.29, 0.717) is 5.95 Å². The number of amides is 1. The third-order valence-corrected chi connectivity index (χ3v) is 6.04. The van der Waals surface area contributed by atoms with E-state index in [9.17, 15) is 4.79 Å². The first-order chi connectivity index (χ1) is 15.5. The van der Waals surface area contributed by atoms with Crippen molar-refractivity contribution in [2.75, 3.05) is 31.8 Å². The van der Waals surface area contributed by atoms with Gasteiger partial charge in [-0.15, -0.1) is 5.10 Å². The number of hydrogen-bond donors (Lipinski definition) is 2. The smallest absolute Gasteiger partial charge is 0.243 e. The normalized spacial score (nSPS) is 18.2. The van der Waals surface area contributed by atoms with Crippen LogP contribution < -0.4 is 10.6 Å². The summed E-state index contributed by atoms with van der Waals surface area (Å²) in [7, 11) is 5.47. The highest BCUT2D eigenvalue weighted by Gasteiger charge is 2.31. The van der Waals surface area contributed by atoms with Crippen LogP contribution in [0, 0.1) is 5.92 Å². The van der Waals surface area contributed by atoms with Gasteiger partial charge in [-0.2, -0.15) is 4.98 Å². The molecule has 1 aliphatic rings. The summed E-state index contributed by atoms with van der Waals surface area (Å²) < 4.78 is 1.82. The van der Waals surface area contributed by atoms with Gasteiger partial charge in [0.1, 0.15) is 5.52 Å².